The molecule has 0 radical (unpaired) electrons. The van der Waals surface area contributed by atoms with E-state index in [0.717, 1.165) is 31.5 Å². The van der Waals surface area contributed by atoms with Gasteiger partial charge in [-0.25, -0.2) is 4.98 Å². The molecular formula is C10H16N4O. The Kier molecular flexibility index (Phi) is 3.01. The number of aliphatic hydroxyl groups is 1. The molecule has 1 aliphatic carbocycles. The Morgan fingerprint density at radius 3 is 2.73 bits per heavy atom. The van der Waals surface area contributed by atoms with Gasteiger partial charge >= 0.3 is 0 Å². The zero-order valence-corrected chi connectivity index (χ0v) is 8.56. The molecule has 15 heavy (non-hydrogen) atoms. The van der Waals surface area contributed by atoms with Crippen LogP contribution >= 0.6 is 0 Å². The highest BCUT2D eigenvalue weighted by atomic mass is 16.3. The summed E-state index contributed by atoms with van der Waals surface area (Å²) in [6, 6.07) is 2.20. The van der Waals surface area contributed by atoms with Crippen LogP contribution in [-0.2, 0) is 0 Å². The van der Waals surface area contributed by atoms with Gasteiger partial charge in [-0.2, -0.15) is 4.98 Å². The predicted molar refractivity (Wildman–Crippen MR) is 58.3 cm³/mol. The van der Waals surface area contributed by atoms with Crippen molar-refractivity contribution in [1.82, 2.24) is 9.97 Å². The molecule has 1 heterocycles. The molecule has 82 valence electrons. The number of anilines is 2. The molecule has 1 aromatic heterocycles. The molecule has 1 fully saturated rings. The Bertz CT molecular complexity index is 323. The predicted octanol–water partition coefficient (Wildman–Crippen LogP) is 0.774. The Balaban J connectivity index is 1.92. The van der Waals surface area contributed by atoms with Crippen molar-refractivity contribution in [2.75, 3.05) is 11.1 Å². The van der Waals surface area contributed by atoms with E-state index in [9.17, 15) is 5.11 Å². The third-order valence-electron chi connectivity index (χ3n) is 2.72. The number of hydrogen-bond donors (Lipinski definition) is 3. The number of nitrogens with two attached hydrogens (primary N) is 1. The number of aliphatic hydroxyl groups excluding tert-OH is 1. The summed E-state index contributed by atoms with van der Waals surface area (Å²) in [4.78, 5) is 7.91. The summed E-state index contributed by atoms with van der Waals surface area (Å²) in [5, 5.41) is 12.7. The van der Waals surface area contributed by atoms with Crippen LogP contribution in [0, 0.1) is 0 Å². The quantitative estimate of drug-likeness (QED) is 0.668. The topological polar surface area (TPSA) is 84.1 Å². The molecule has 0 aliphatic heterocycles. The lowest BCUT2D eigenvalue weighted by atomic mass is 9.93. The van der Waals surface area contributed by atoms with Crippen LogP contribution in [-0.4, -0.2) is 27.2 Å². The van der Waals surface area contributed by atoms with Gasteiger partial charge < -0.3 is 16.2 Å². The SMILES string of the molecule is Nc1nccc(NC2CCC(O)CC2)n1. The fraction of sp³-hybridized carbons (Fsp3) is 0.600. The molecule has 1 saturated carbocycles. The second kappa shape index (κ2) is 4.44. The van der Waals surface area contributed by atoms with E-state index in [1.165, 1.54) is 0 Å². The van der Waals surface area contributed by atoms with E-state index in [-0.39, 0.29) is 12.1 Å². The van der Waals surface area contributed by atoms with E-state index < -0.39 is 0 Å². The number of nitrogens with one attached hydrogen (secondary N) is 1. The van der Waals surface area contributed by atoms with Gasteiger partial charge in [0.15, 0.2) is 0 Å². The van der Waals surface area contributed by atoms with Crippen molar-refractivity contribution < 1.29 is 5.11 Å². The molecule has 0 bridgehead atoms. The average Bonchev–Trinajstić information content (AvgIpc) is 2.22. The molecule has 1 aliphatic rings. The number of nitrogen functional groups attached to an aromatic ring is 1. The molecule has 0 spiro atoms. The van der Waals surface area contributed by atoms with Gasteiger partial charge in [0.25, 0.3) is 0 Å². The minimum atomic E-state index is -0.126. The highest BCUT2D eigenvalue weighted by Gasteiger charge is 2.19. The van der Waals surface area contributed by atoms with E-state index >= 15 is 0 Å². The summed E-state index contributed by atoms with van der Waals surface area (Å²) in [5.74, 6) is 1.06. The number of rotatable bonds is 2. The minimum absolute atomic E-state index is 0.126. The zero-order chi connectivity index (χ0) is 10.7. The normalized spacial score (nSPS) is 26.2. The second-order valence-electron chi connectivity index (χ2n) is 3.95. The maximum Gasteiger partial charge on any atom is 0.221 e. The van der Waals surface area contributed by atoms with Crippen molar-refractivity contribution in [3.05, 3.63) is 12.3 Å². The van der Waals surface area contributed by atoms with Crippen molar-refractivity contribution in [2.24, 2.45) is 0 Å². The Morgan fingerprint density at radius 1 is 1.33 bits per heavy atom. The lowest BCUT2D eigenvalue weighted by Crippen LogP contribution is -2.28. The van der Waals surface area contributed by atoms with Crippen LogP contribution in [0.15, 0.2) is 12.3 Å². The van der Waals surface area contributed by atoms with Crippen molar-refractivity contribution in [3.63, 3.8) is 0 Å². The van der Waals surface area contributed by atoms with Gasteiger partial charge in [-0.05, 0) is 31.7 Å². The molecule has 0 amide bonds. The fourth-order valence-electron chi connectivity index (χ4n) is 1.88. The molecule has 5 nitrogen and oxygen atoms in total. The van der Waals surface area contributed by atoms with Crippen LogP contribution in [0.1, 0.15) is 25.7 Å². The first-order valence-corrected chi connectivity index (χ1v) is 5.27. The smallest absolute Gasteiger partial charge is 0.221 e. The second-order valence-corrected chi connectivity index (χ2v) is 3.95. The number of nitrogens with zero attached hydrogens (tertiary/aromatic N) is 2. The monoisotopic (exact) mass is 208 g/mol. The molecule has 1 aromatic rings. The maximum atomic E-state index is 9.36. The third-order valence-corrected chi connectivity index (χ3v) is 2.72. The molecule has 0 aromatic carbocycles. The molecule has 0 unspecified atom stereocenters. The highest BCUT2D eigenvalue weighted by molar-refractivity contribution is 5.38. The van der Waals surface area contributed by atoms with Crippen LogP contribution < -0.4 is 11.1 Å². The summed E-state index contributed by atoms with van der Waals surface area (Å²) >= 11 is 0. The van der Waals surface area contributed by atoms with Gasteiger partial charge in [0.2, 0.25) is 5.95 Å². The first-order valence-electron chi connectivity index (χ1n) is 5.27. The maximum absolute atomic E-state index is 9.36. The molecule has 4 N–H and O–H groups in total. The molecule has 0 atom stereocenters. The minimum Gasteiger partial charge on any atom is -0.393 e. The van der Waals surface area contributed by atoms with Crippen LogP contribution in [0.4, 0.5) is 11.8 Å². The van der Waals surface area contributed by atoms with Gasteiger partial charge in [0.1, 0.15) is 5.82 Å². The fourth-order valence-corrected chi connectivity index (χ4v) is 1.88. The Labute approximate surface area is 88.7 Å². The number of hydrogen-bond acceptors (Lipinski definition) is 5. The highest BCUT2D eigenvalue weighted by Crippen LogP contribution is 2.21. The van der Waals surface area contributed by atoms with Gasteiger partial charge in [0.05, 0.1) is 6.10 Å². The summed E-state index contributed by atoms with van der Waals surface area (Å²) in [7, 11) is 0. The van der Waals surface area contributed by atoms with Crippen molar-refractivity contribution in [3.8, 4) is 0 Å². The number of aromatic nitrogens is 2. The van der Waals surface area contributed by atoms with Crippen LogP contribution in [0.25, 0.3) is 0 Å². The largest absolute Gasteiger partial charge is 0.393 e. The van der Waals surface area contributed by atoms with E-state index in [0.29, 0.717) is 6.04 Å². The summed E-state index contributed by atoms with van der Waals surface area (Å²) < 4.78 is 0. The Hall–Kier alpha value is -1.36. The molecule has 0 saturated heterocycles. The first-order chi connectivity index (χ1) is 7.24. The van der Waals surface area contributed by atoms with Crippen molar-refractivity contribution in [1.29, 1.82) is 0 Å². The van der Waals surface area contributed by atoms with E-state index in [4.69, 9.17) is 5.73 Å². The van der Waals surface area contributed by atoms with Crippen LogP contribution in [0.3, 0.4) is 0 Å². The van der Waals surface area contributed by atoms with E-state index in [1.807, 2.05) is 0 Å². The lowest BCUT2D eigenvalue weighted by Gasteiger charge is -2.26. The lowest BCUT2D eigenvalue weighted by molar-refractivity contribution is 0.126. The molecule has 5 heteroatoms. The van der Waals surface area contributed by atoms with Gasteiger partial charge in [-0.1, -0.05) is 0 Å². The van der Waals surface area contributed by atoms with E-state index in [1.54, 1.807) is 12.3 Å². The van der Waals surface area contributed by atoms with Crippen LogP contribution in [0.5, 0.6) is 0 Å². The summed E-state index contributed by atoms with van der Waals surface area (Å²) in [6.07, 6.45) is 5.19. The first kappa shape index (κ1) is 10.2. The van der Waals surface area contributed by atoms with Gasteiger partial charge in [0, 0.05) is 12.2 Å². The summed E-state index contributed by atoms with van der Waals surface area (Å²) in [5.41, 5.74) is 5.48. The van der Waals surface area contributed by atoms with Crippen molar-refractivity contribution in [2.45, 2.75) is 37.8 Å². The average molecular weight is 208 g/mol. The zero-order valence-electron chi connectivity index (χ0n) is 8.56. The Morgan fingerprint density at radius 2 is 2.07 bits per heavy atom. The third kappa shape index (κ3) is 2.79. The molecular weight excluding hydrogens is 192 g/mol. The standard InChI is InChI=1S/C10H16N4O/c11-10-12-6-5-9(14-10)13-7-1-3-8(15)4-2-7/h5-8,15H,1-4H2,(H3,11,12,13,14). The molecule has 2 rings (SSSR count). The van der Waals surface area contributed by atoms with Crippen LogP contribution in [0.2, 0.25) is 0 Å². The van der Waals surface area contributed by atoms with Gasteiger partial charge in [-0.3, -0.25) is 0 Å². The summed E-state index contributed by atoms with van der Waals surface area (Å²) in [6.45, 7) is 0. The van der Waals surface area contributed by atoms with Gasteiger partial charge in [-0.15, -0.1) is 0 Å². The van der Waals surface area contributed by atoms with E-state index in [2.05, 4.69) is 15.3 Å². The van der Waals surface area contributed by atoms with Crippen molar-refractivity contribution >= 4 is 11.8 Å².